The van der Waals surface area contributed by atoms with Crippen molar-refractivity contribution < 1.29 is 9.90 Å². The lowest BCUT2D eigenvalue weighted by Crippen LogP contribution is -2.48. The van der Waals surface area contributed by atoms with Crippen molar-refractivity contribution in [3.8, 4) is 6.07 Å². The second-order valence-electron chi connectivity index (χ2n) is 4.43. The van der Waals surface area contributed by atoms with Gasteiger partial charge in [-0.3, -0.25) is 0 Å². The van der Waals surface area contributed by atoms with Crippen LogP contribution in [0, 0.1) is 11.3 Å². The SMILES string of the molecule is CC(C)(CO)NC(=O)Nc1ccc(C#N)c(Cl)c1. The summed E-state index contributed by atoms with van der Waals surface area (Å²) in [7, 11) is 0. The summed E-state index contributed by atoms with van der Waals surface area (Å²) in [5.41, 5.74) is 0.115. The molecule has 0 fully saturated rings. The van der Waals surface area contributed by atoms with Crippen LogP contribution in [0.3, 0.4) is 0 Å². The Morgan fingerprint density at radius 2 is 2.22 bits per heavy atom. The number of hydrogen-bond donors (Lipinski definition) is 3. The second-order valence-corrected chi connectivity index (χ2v) is 4.83. The number of benzene rings is 1. The van der Waals surface area contributed by atoms with Gasteiger partial charge in [-0.2, -0.15) is 5.26 Å². The van der Waals surface area contributed by atoms with Crippen molar-refractivity contribution in [1.29, 1.82) is 5.26 Å². The van der Waals surface area contributed by atoms with Gasteiger partial charge in [0.25, 0.3) is 0 Å². The van der Waals surface area contributed by atoms with Crippen molar-refractivity contribution in [2.45, 2.75) is 19.4 Å². The number of nitrogens with one attached hydrogen (secondary N) is 2. The molecule has 2 amide bonds. The molecule has 1 rings (SSSR count). The molecule has 0 aromatic heterocycles. The van der Waals surface area contributed by atoms with Crippen LogP contribution >= 0.6 is 11.6 Å². The Hall–Kier alpha value is -1.77. The molecule has 0 radical (unpaired) electrons. The van der Waals surface area contributed by atoms with Gasteiger partial charge >= 0.3 is 6.03 Å². The van der Waals surface area contributed by atoms with Gasteiger partial charge in [-0.15, -0.1) is 0 Å². The number of nitriles is 1. The number of aliphatic hydroxyl groups excluding tert-OH is 1. The number of anilines is 1. The van der Waals surface area contributed by atoms with Gasteiger partial charge in [-0.25, -0.2) is 4.79 Å². The molecule has 0 spiro atoms. The first kappa shape index (κ1) is 14.3. The number of nitrogens with zero attached hydrogens (tertiary/aromatic N) is 1. The number of carbonyl (C=O) groups excluding carboxylic acids is 1. The molecule has 1 aromatic carbocycles. The first-order chi connectivity index (χ1) is 8.38. The molecule has 0 heterocycles. The highest BCUT2D eigenvalue weighted by atomic mass is 35.5. The topological polar surface area (TPSA) is 85.2 Å². The minimum atomic E-state index is -0.708. The molecule has 0 bridgehead atoms. The van der Waals surface area contributed by atoms with Gasteiger partial charge in [-0.05, 0) is 32.0 Å². The summed E-state index contributed by atoms with van der Waals surface area (Å²) in [6, 6.07) is 6.07. The Morgan fingerprint density at radius 3 is 2.72 bits per heavy atom. The van der Waals surface area contributed by atoms with E-state index in [4.69, 9.17) is 22.0 Å². The Morgan fingerprint density at radius 1 is 1.56 bits per heavy atom. The smallest absolute Gasteiger partial charge is 0.319 e. The minimum absolute atomic E-state index is 0.172. The summed E-state index contributed by atoms with van der Waals surface area (Å²) >= 11 is 5.84. The normalized spacial score (nSPS) is 10.6. The molecule has 0 aliphatic rings. The summed E-state index contributed by atoms with van der Waals surface area (Å²) in [6.45, 7) is 3.21. The number of urea groups is 1. The zero-order valence-electron chi connectivity index (χ0n) is 10.1. The average Bonchev–Trinajstić information content (AvgIpc) is 2.28. The molecule has 3 N–H and O–H groups in total. The zero-order chi connectivity index (χ0) is 13.8. The highest BCUT2D eigenvalue weighted by Crippen LogP contribution is 2.20. The molecule has 0 aliphatic heterocycles. The van der Waals surface area contributed by atoms with Gasteiger partial charge in [0.05, 0.1) is 22.7 Å². The van der Waals surface area contributed by atoms with Crippen LogP contribution in [-0.2, 0) is 0 Å². The van der Waals surface area contributed by atoms with Crippen LogP contribution in [0.2, 0.25) is 5.02 Å². The molecule has 0 saturated carbocycles. The standard InChI is InChI=1S/C12H14ClN3O2/c1-12(2,7-17)16-11(18)15-9-4-3-8(6-14)10(13)5-9/h3-5,17H,7H2,1-2H3,(H2,15,16,18). The third-order valence-corrected chi connectivity index (χ3v) is 2.51. The van der Waals surface area contributed by atoms with Crippen LogP contribution in [-0.4, -0.2) is 23.3 Å². The minimum Gasteiger partial charge on any atom is -0.394 e. The fourth-order valence-corrected chi connectivity index (χ4v) is 1.42. The highest BCUT2D eigenvalue weighted by Gasteiger charge is 2.19. The number of carbonyl (C=O) groups is 1. The monoisotopic (exact) mass is 267 g/mol. The van der Waals surface area contributed by atoms with Crippen molar-refractivity contribution in [1.82, 2.24) is 5.32 Å². The maximum atomic E-state index is 11.6. The third kappa shape index (κ3) is 3.91. The van der Waals surface area contributed by atoms with E-state index in [-0.39, 0.29) is 11.6 Å². The Balaban J connectivity index is 2.72. The fourth-order valence-electron chi connectivity index (χ4n) is 1.19. The van der Waals surface area contributed by atoms with Crippen molar-refractivity contribution in [2.24, 2.45) is 0 Å². The molecule has 0 saturated heterocycles. The first-order valence-electron chi connectivity index (χ1n) is 5.27. The molecule has 5 nitrogen and oxygen atoms in total. The fraction of sp³-hybridized carbons (Fsp3) is 0.333. The van der Waals surface area contributed by atoms with Gasteiger partial charge in [0.2, 0.25) is 0 Å². The number of rotatable bonds is 3. The Kier molecular flexibility index (Phi) is 4.54. The highest BCUT2D eigenvalue weighted by molar-refractivity contribution is 6.32. The number of hydrogen-bond acceptors (Lipinski definition) is 3. The number of amides is 2. The molecular weight excluding hydrogens is 254 g/mol. The predicted octanol–water partition coefficient (Wildman–Crippen LogP) is 2.10. The van der Waals surface area contributed by atoms with E-state index in [2.05, 4.69) is 10.6 Å². The van der Waals surface area contributed by atoms with Crippen LogP contribution in [0.15, 0.2) is 18.2 Å². The Labute approximate surface area is 110 Å². The lowest BCUT2D eigenvalue weighted by atomic mass is 10.1. The first-order valence-corrected chi connectivity index (χ1v) is 5.65. The number of aliphatic hydroxyl groups is 1. The van der Waals surface area contributed by atoms with E-state index < -0.39 is 11.6 Å². The lowest BCUT2D eigenvalue weighted by Gasteiger charge is -2.23. The molecule has 96 valence electrons. The van der Waals surface area contributed by atoms with E-state index in [0.29, 0.717) is 11.3 Å². The van der Waals surface area contributed by atoms with E-state index >= 15 is 0 Å². The summed E-state index contributed by atoms with van der Waals surface area (Å²) in [5, 5.41) is 23.2. The molecule has 18 heavy (non-hydrogen) atoms. The summed E-state index contributed by atoms with van der Waals surface area (Å²) in [4.78, 5) is 11.6. The van der Waals surface area contributed by atoms with Gasteiger partial charge < -0.3 is 15.7 Å². The molecule has 0 aliphatic carbocycles. The average molecular weight is 268 g/mol. The summed E-state index contributed by atoms with van der Waals surface area (Å²) < 4.78 is 0. The van der Waals surface area contributed by atoms with Crippen LogP contribution < -0.4 is 10.6 Å². The van der Waals surface area contributed by atoms with Gasteiger partial charge in [0.15, 0.2) is 0 Å². The van der Waals surface area contributed by atoms with Crippen LogP contribution in [0.1, 0.15) is 19.4 Å². The second kappa shape index (κ2) is 5.71. The molecular formula is C12H14ClN3O2. The van der Waals surface area contributed by atoms with E-state index in [0.717, 1.165) is 0 Å². The zero-order valence-corrected chi connectivity index (χ0v) is 10.9. The van der Waals surface area contributed by atoms with E-state index in [1.807, 2.05) is 6.07 Å². The maximum absolute atomic E-state index is 11.6. The van der Waals surface area contributed by atoms with Crippen molar-refractivity contribution >= 4 is 23.3 Å². The molecule has 0 atom stereocenters. The van der Waals surface area contributed by atoms with Crippen molar-refractivity contribution in [2.75, 3.05) is 11.9 Å². The maximum Gasteiger partial charge on any atom is 0.319 e. The third-order valence-electron chi connectivity index (χ3n) is 2.19. The predicted molar refractivity (Wildman–Crippen MR) is 69.5 cm³/mol. The summed E-state index contributed by atoms with van der Waals surface area (Å²) in [6.07, 6.45) is 0. The van der Waals surface area contributed by atoms with Crippen LogP contribution in [0.4, 0.5) is 10.5 Å². The Bertz CT molecular complexity index is 495. The van der Waals surface area contributed by atoms with Crippen LogP contribution in [0.5, 0.6) is 0 Å². The van der Waals surface area contributed by atoms with Crippen LogP contribution in [0.25, 0.3) is 0 Å². The molecule has 0 unspecified atom stereocenters. The molecule has 1 aromatic rings. The quantitative estimate of drug-likeness (QED) is 0.784. The number of halogens is 1. The van der Waals surface area contributed by atoms with Gasteiger partial charge in [0, 0.05) is 5.69 Å². The van der Waals surface area contributed by atoms with Crippen molar-refractivity contribution in [3.05, 3.63) is 28.8 Å². The van der Waals surface area contributed by atoms with Gasteiger partial charge in [0.1, 0.15) is 6.07 Å². The van der Waals surface area contributed by atoms with Crippen molar-refractivity contribution in [3.63, 3.8) is 0 Å². The van der Waals surface area contributed by atoms with E-state index in [1.54, 1.807) is 19.9 Å². The van der Waals surface area contributed by atoms with E-state index in [9.17, 15) is 4.79 Å². The van der Waals surface area contributed by atoms with Gasteiger partial charge in [-0.1, -0.05) is 11.6 Å². The summed E-state index contributed by atoms with van der Waals surface area (Å²) in [5.74, 6) is 0. The molecule has 6 heteroatoms. The largest absolute Gasteiger partial charge is 0.394 e. The van der Waals surface area contributed by atoms with E-state index in [1.165, 1.54) is 12.1 Å². The lowest BCUT2D eigenvalue weighted by molar-refractivity contribution is 0.187.